The first kappa shape index (κ1) is 16.3. The fourth-order valence-corrected chi connectivity index (χ4v) is 5.24. The van der Waals surface area contributed by atoms with Crippen LogP contribution in [0.4, 0.5) is 9.93 Å². The van der Waals surface area contributed by atoms with Crippen LogP contribution in [0.2, 0.25) is 0 Å². The van der Waals surface area contributed by atoms with E-state index in [4.69, 9.17) is 4.74 Å². The van der Waals surface area contributed by atoms with Crippen molar-refractivity contribution in [2.45, 2.75) is 56.6 Å². The van der Waals surface area contributed by atoms with Gasteiger partial charge in [-0.3, -0.25) is 5.32 Å². The SMILES string of the molecule is O=C(Nc1nc(C2CCOCC2)cs1)NC1C[C@H]2CC[C@@H](C1)C2O. The number of nitrogens with one attached hydrogen (secondary N) is 2. The number of aromatic nitrogens is 1. The first-order chi connectivity index (χ1) is 11.7. The molecule has 1 aromatic rings. The van der Waals surface area contributed by atoms with Crippen molar-refractivity contribution >= 4 is 22.5 Å². The number of carbonyl (C=O) groups excluding carboxylic acids is 1. The van der Waals surface area contributed by atoms with Gasteiger partial charge in [-0.1, -0.05) is 0 Å². The summed E-state index contributed by atoms with van der Waals surface area (Å²) in [6.45, 7) is 1.59. The van der Waals surface area contributed by atoms with Gasteiger partial charge in [0.2, 0.25) is 0 Å². The first-order valence-electron chi connectivity index (χ1n) is 8.98. The molecule has 3 aliphatic rings. The summed E-state index contributed by atoms with van der Waals surface area (Å²) in [4.78, 5) is 16.8. The Hall–Kier alpha value is -1.18. The monoisotopic (exact) mass is 351 g/mol. The summed E-state index contributed by atoms with van der Waals surface area (Å²) in [6.07, 6.45) is 5.80. The molecule has 2 unspecified atom stereocenters. The topological polar surface area (TPSA) is 83.5 Å². The summed E-state index contributed by atoms with van der Waals surface area (Å²) in [7, 11) is 0. The van der Waals surface area contributed by atoms with Crippen LogP contribution < -0.4 is 10.6 Å². The largest absolute Gasteiger partial charge is 0.393 e. The lowest BCUT2D eigenvalue weighted by molar-refractivity contribution is 0.0491. The lowest BCUT2D eigenvalue weighted by Crippen LogP contribution is -2.45. The third kappa shape index (κ3) is 3.43. The molecule has 0 spiro atoms. The second-order valence-corrected chi connectivity index (χ2v) is 8.18. The molecule has 2 saturated carbocycles. The van der Waals surface area contributed by atoms with Gasteiger partial charge in [-0.15, -0.1) is 11.3 Å². The average molecular weight is 351 g/mol. The maximum absolute atomic E-state index is 12.2. The van der Waals surface area contributed by atoms with E-state index in [0.29, 0.717) is 22.9 Å². The van der Waals surface area contributed by atoms with Crippen LogP contribution in [-0.2, 0) is 4.74 Å². The number of carbonyl (C=O) groups is 1. The molecule has 3 fully saturated rings. The second-order valence-electron chi connectivity index (χ2n) is 7.32. The van der Waals surface area contributed by atoms with E-state index in [9.17, 15) is 9.90 Å². The highest BCUT2D eigenvalue weighted by molar-refractivity contribution is 7.13. The average Bonchev–Trinajstić information content (AvgIpc) is 3.10. The predicted octanol–water partition coefficient (Wildman–Crippen LogP) is 2.71. The Morgan fingerprint density at radius 2 is 1.92 bits per heavy atom. The first-order valence-corrected chi connectivity index (χ1v) is 9.86. The minimum absolute atomic E-state index is 0.160. The number of hydrogen-bond donors (Lipinski definition) is 3. The highest BCUT2D eigenvalue weighted by Crippen LogP contribution is 2.42. The fourth-order valence-electron chi connectivity index (χ4n) is 4.46. The summed E-state index contributed by atoms with van der Waals surface area (Å²) in [5, 5.41) is 18.7. The number of amides is 2. The normalized spacial score (nSPS) is 33.4. The zero-order valence-corrected chi connectivity index (χ0v) is 14.6. The third-order valence-corrected chi connectivity index (χ3v) is 6.54. The van der Waals surface area contributed by atoms with Gasteiger partial charge >= 0.3 is 6.03 Å². The Bertz CT molecular complexity index is 573. The third-order valence-electron chi connectivity index (χ3n) is 5.77. The van der Waals surface area contributed by atoms with Crippen molar-refractivity contribution in [3.05, 3.63) is 11.1 Å². The van der Waals surface area contributed by atoms with Crippen LogP contribution in [0.5, 0.6) is 0 Å². The highest BCUT2D eigenvalue weighted by Gasteiger charge is 2.42. The van der Waals surface area contributed by atoms with E-state index in [0.717, 1.165) is 57.4 Å². The highest BCUT2D eigenvalue weighted by atomic mass is 32.1. The number of rotatable bonds is 3. The van der Waals surface area contributed by atoms with Crippen LogP contribution in [0.1, 0.15) is 50.1 Å². The van der Waals surface area contributed by atoms with Crippen molar-refractivity contribution in [2.24, 2.45) is 11.8 Å². The number of ether oxygens (including phenoxy) is 1. The van der Waals surface area contributed by atoms with Crippen molar-refractivity contribution in [3.63, 3.8) is 0 Å². The molecule has 132 valence electrons. The maximum atomic E-state index is 12.2. The number of nitrogens with zero attached hydrogens (tertiary/aromatic N) is 1. The zero-order chi connectivity index (χ0) is 16.5. The molecular formula is C17H25N3O3S. The molecule has 4 rings (SSSR count). The van der Waals surface area contributed by atoms with Crippen LogP contribution in [0.25, 0.3) is 0 Å². The van der Waals surface area contributed by atoms with Gasteiger partial charge in [-0.05, 0) is 50.4 Å². The molecule has 1 saturated heterocycles. The Morgan fingerprint density at radius 1 is 1.21 bits per heavy atom. The standard InChI is InChI=1S/C17H25N3O3S/c21-15-11-1-2-12(15)8-13(7-11)18-16(22)20-17-19-14(9-24-17)10-3-5-23-6-4-10/h9-13,15,21H,1-8H2,(H2,18,19,20,22)/t11-,12+,13?,15?. The molecule has 1 aliphatic heterocycles. The van der Waals surface area contributed by atoms with E-state index in [1.54, 1.807) is 0 Å². The molecular weight excluding hydrogens is 326 g/mol. The molecule has 24 heavy (non-hydrogen) atoms. The molecule has 4 atom stereocenters. The molecule has 0 radical (unpaired) electrons. The van der Waals surface area contributed by atoms with Crippen LogP contribution in [0.15, 0.2) is 5.38 Å². The van der Waals surface area contributed by atoms with Crippen LogP contribution in [0, 0.1) is 11.8 Å². The number of thiazole rings is 1. The number of urea groups is 1. The predicted molar refractivity (Wildman–Crippen MR) is 92.3 cm³/mol. The zero-order valence-electron chi connectivity index (χ0n) is 13.7. The Labute approximate surface area is 146 Å². The molecule has 7 heteroatoms. The number of fused-ring (bicyclic) bond motifs is 2. The van der Waals surface area contributed by atoms with E-state index < -0.39 is 0 Å². The molecule has 2 aliphatic carbocycles. The van der Waals surface area contributed by atoms with E-state index in [-0.39, 0.29) is 18.2 Å². The fraction of sp³-hybridized carbons (Fsp3) is 0.765. The Morgan fingerprint density at radius 3 is 2.62 bits per heavy atom. The summed E-state index contributed by atoms with van der Waals surface area (Å²) >= 11 is 1.48. The van der Waals surface area contributed by atoms with Gasteiger partial charge in [0.05, 0.1) is 11.8 Å². The van der Waals surface area contributed by atoms with Gasteiger partial charge in [0.25, 0.3) is 0 Å². The lowest BCUT2D eigenvalue weighted by Gasteiger charge is -2.32. The van der Waals surface area contributed by atoms with Gasteiger partial charge < -0.3 is 15.2 Å². The van der Waals surface area contributed by atoms with E-state index in [1.807, 2.05) is 5.38 Å². The number of aliphatic hydroxyl groups is 1. The summed E-state index contributed by atoms with van der Waals surface area (Å²) in [5.41, 5.74) is 1.07. The summed E-state index contributed by atoms with van der Waals surface area (Å²) in [6, 6.07) is -0.00973. The summed E-state index contributed by atoms with van der Waals surface area (Å²) < 4.78 is 5.39. The Kier molecular flexibility index (Phi) is 4.74. The van der Waals surface area contributed by atoms with Gasteiger partial charge in [-0.25, -0.2) is 9.78 Å². The van der Waals surface area contributed by atoms with Gasteiger partial charge in [0.15, 0.2) is 5.13 Å². The van der Waals surface area contributed by atoms with Crippen molar-refractivity contribution < 1.29 is 14.6 Å². The molecule has 2 heterocycles. The van der Waals surface area contributed by atoms with Crippen LogP contribution in [0.3, 0.4) is 0 Å². The van der Waals surface area contributed by atoms with Crippen molar-refractivity contribution in [1.82, 2.24) is 10.3 Å². The van der Waals surface area contributed by atoms with E-state index in [1.165, 1.54) is 11.3 Å². The minimum atomic E-state index is -0.177. The maximum Gasteiger partial charge on any atom is 0.321 e. The smallest absolute Gasteiger partial charge is 0.321 e. The number of anilines is 1. The second kappa shape index (κ2) is 6.98. The Balaban J connectivity index is 1.29. The molecule has 2 bridgehead atoms. The lowest BCUT2D eigenvalue weighted by atomic mass is 9.83. The van der Waals surface area contributed by atoms with Crippen molar-refractivity contribution in [2.75, 3.05) is 18.5 Å². The number of hydrogen-bond acceptors (Lipinski definition) is 5. The molecule has 0 aromatic carbocycles. The minimum Gasteiger partial charge on any atom is -0.393 e. The van der Waals surface area contributed by atoms with Crippen molar-refractivity contribution in [1.29, 1.82) is 0 Å². The van der Waals surface area contributed by atoms with Crippen LogP contribution >= 0.6 is 11.3 Å². The van der Waals surface area contributed by atoms with Crippen LogP contribution in [-0.4, -0.2) is 41.5 Å². The quantitative estimate of drug-likeness (QED) is 0.782. The van der Waals surface area contributed by atoms with E-state index >= 15 is 0 Å². The molecule has 2 amide bonds. The van der Waals surface area contributed by atoms with Crippen molar-refractivity contribution in [3.8, 4) is 0 Å². The number of aliphatic hydroxyl groups excluding tert-OH is 1. The molecule has 6 nitrogen and oxygen atoms in total. The summed E-state index contributed by atoms with van der Waals surface area (Å²) in [5.74, 6) is 1.16. The van der Waals surface area contributed by atoms with E-state index in [2.05, 4.69) is 15.6 Å². The van der Waals surface area contributed by atoms with Gasteiger partial charge in [-0.2, -0.15) is 0 Å². The van der Waals surface area contributed by atoms with Gasteiger partial charge in [0, 0.05) is 30.6 Å². The molecule has 3 N–H and O–H groups in total. The molecule has 1 aromatic heterocycles. The van der Waals surface area contributed by atoms with Gasteiger partial charge in [0.1, 0.15) is 0 Å².